The lowest BCUT2D eigenvalue weighted by molar-refractivity contribution is -0.137. The number of carbonyl (C=O) groups is 1. The van der Waals surface area contributed by atoms with Crippen molar-refractivity contribution in [2.75, 3.05) is 18.2 Å². The van der Waals surface area contributed by atoms with Gasteiger partial charge < -0.3 is 10.1 Å². The zero-order valence-electron chi connectivity index (χ0n) is 10.7. The lowest BCUT2D eigenvalue weighted by Gasteiger charge is -2.17. The van der Waals surface area contributed by atoms with Gasteiger partial charge in [-0.25, -0.2) is 0 Å². The number of methoxy groups -OCH3 is 1. The number of anilines is 1. The maximum Gasteiger partial charge on any atom is 0.418 e. The number of hydrogen-bond acceptors (Lipinski definition) is 5. The molecule has 1 aromatic rings. The maximum atomic E-state index is 13.0. The molecule has 1 aliphatic rings. The van der Waals surface area contributed by atoms with Crippen LogP contribution in [0, 0.1) is 11.3 Å². The minimum absolute atomic E-state index is 0.0189. The number of nitrogens with one attached hydrogen (secondary N) is 1. The van der Waals surface area contributed by atoms with Gasteiger partial charge in [0, 0.05) is 0 Å². The second kappa shape index (κ2) is 5.69. The lowest BCUT2D eigenvalue weighted by atomic mass is 10.1. The first-order chi connectivity index (χ1) is 9.88. The first-order valence-corrected chi connectivity index (χ1v) is 6.68. The van der Waals surface area contributed by atoms with Crippen molar-refractivity contribution in [3.05, 3.63) is 34.4 Å². The number of hydrogen-bond donors (Lipinski definition) is 1. The Labute approximate surface area is 122 Å². The van der Waals surface area contributed by atoms with E-state index in [2.05, 4.69) is 5.32 Å². The van der Waals surface area contributed by atoms with Gasteiger partial charge in [0.2, 0.25) is 0 Å². The number of alkyl halides is 3. The summed E-state index contributed by atoms with van der Waals surface area (Å²) in [6, 6.07) is 5.19. The van der Waals surface area contributed by atoms with Gasteiger partial charge in [0.1, 0.15) is 17.4 Å². The van der Waals surface area contributed by atoms with Crippen LogP contribution in [0.4, 0.5) is 18.9 Å². The predicted octanol–water partition coefficient (Wildman–Crippen LogP) is 3.18. The van der Waals surface area contributed by atoms with E-state index >= 15 is 0 Å². The third-order valence-corrected chi connectivity index (χ3v) is 3.76. The minimum atomic E-state index is -4.59. The van der Waals surface area contributed by atoms with Crippen LogP contribution in [-0.4, -0.2) is 18.6 Å². The van der Waals surface area contributed by atoms with Gasteiger partial charge in [-0.2, -0.15) is 18.4 Å². The van der Waals surface area contributed by atoms with Gasteiger partial charge in [-0.05, 0) is 12.1 Å². The average molecular weight is 314 g/mol. The van der Waals surface area contributed by atoms with Crippen LogP contribution in [0.1, 0.15) is 5.56 Å². The number of carbonyl (C=O) groups excluding carboxylic acids is 1. The van der Waals surface area contributed by atoms with Crippen molar-refractivity contribution in [2.24, 2.45) is 0 Å². The molecule has 0 saturated carbocycles. The fourth-order valence-corrected chi connectivity index (χ4v) is 2.70. The zero-order chi connectivity index (χ0) is 15.6. The van der Waals surface area contributed by atoms with E-state index in [1.807, 2.05) is 0 Å². The van der Waals surface area contributed by atoms with Crippen LogP contribution in [0.2, 0.25) is 0 Å². The van der Waals surface area contributed by atoms with Crippen LogP contribution in [0.5, 0.6) is 5.75 Å². The quantitative estimate of drug-likeness (QED) is 0.928. The molecule has 0 amide bonds. The number of rotatable bonds is 3. The summed E-state index contributed by atoms with van der Waals surface area (Å²) in [7, 11) is 1.24. The normalized spacial score (nSPS) is 15.1. The highest BCUT2D eigenvalue weighted by atomic mass is 32.2. The Morgan fingerprint density at radius 2 is 2.14 bits per heavy atom. The van der Waals surface area contributed by atoms with E-state index in [0.717, 1.165) is 17.8 Å². The smallest absolute Gasteiger partial charge is 0.418 e. The highest BCUT2D eigenvalue weighted by molar-refractivity contribution is 8.04. The van der Waals surface area contributed by atoms with E-state index in [9.17, 15) is 18.0 Å². The summed E-state index contributed by atoms with van der Waals surface area (Å²) in [6.45, 7) is 0. The molecule has 21 heavy (non-hydrogen) atoms. The predicted molar refractivity (Wildman–Crippen MR) is 71.7 cm³/mol. The molecular weight excluding hydrogens is 305 g/mol. The van der Waals surface area contributed by atoms with Crippen LogP contribution in [0.15, 0.2) is 28.8 Å². The van der Waals surface area contributed by atoms with E-state index in [-0.39, 0.29) is 27.8 Å². The van der Waals surface area contributed by atoms with Crippen molar-refractivity contribution in [3.8, 4) is 11.8 Å². The number of ether oxygens (including phenoxy) is 1. The molecule has 0 saturated heterocycles. The number of nitriles is 1. The Hall–Kier alpha value is -2.14. The molecule has 0 radical (unpaired) electrons. The number of halogens is 3. The molecule has 0 aromatic heterocycles. The van der Waals surface area contributed by atoms with Crippen molar-refractivity contribution in [1.29, 1.82) is 5.26 Å². The minimum Gasteiger partial charge on any atom is -0.495 e. The number of allylic oxidation sites excluding steroid dienone is 1. The molecule has 1 aliphatic heterocycles. The summed E-state index contributed by atoms with van der Waals surface area (Å²) in [6.07, 6.45) is -4.59. The Morgan fingerprint density at radius 1 is 1.43 bits per heavy atom. The number of ketones is 1. The fourth-order valence-electron chi connectivity index (χ4n) is 1.80. The summed E-state index contributed by atoms with van der Waals surface area (Å²) in [5.41, 5.74) is -1.40. The number of para-hydroxylation sites is 1. The first-order valence-electron chi connectivity index (χ1n) is 5.70. The molecule has 0 atom stereocenters. The summed E-state index contributed by atoms with van der Waals surface area (Å²) < 4.78 is 44.1. The number of nitrogens with zero attached hydrogens (tertiary/aromatic N) is 1. The molecule has 1 heterocycles. The van der Waals surface area contributed by atoms with Gasteiger partial charge >= 0.3 is 6.18 Å². The van der Waals surface area contributed by atoms with Gasteiger partial charge in [0.15, 0.2) is 5.78 Å². The van der Waals surface area contributed by atoms with Crippen molar-refractivity contribution in [3.63, 3.8) is 0 Å². The Morgan fingerprint density at radius 3 is 2.71 bits per heavy atom. The van der Waals surface area contributed by atoms with E-state index in [1.165, 1.54) is 19.2 Å². The van der Waals surface area contributed by atoms with Crippen LogP contribution >= 0.6 is 11.8 Å². The third kappa shape index (κ3) is 2.97. The van der Waals surface area contributed by atoms with E-state index < -0.39 is 17.5 Å². The largest absolute Gasteiger partial charge is 0.495 e. The lowest BCUT2D eigenvalue weighted by Crippen LogP contribution is -2.11. The summed E-state index contributed by atoms with van der Waals surface area (Å²) in [5, 5.41) is 11.5. The van der Waals surface area contributed by atoms with E-state index in [1.54, 1.807) is 6.07 Å². The highest BCUT2D eigenvalue weighted by Crippen LogP contribution is 2.42. The third-order valence-electron chi connectivity index (χ3n) is 2.76. The maximum absolute atomic E-state index is 13.0. The molecule has 0 bridgehead atoms. The van der Waals surface area contributed by atoms with Crippen molar-refractivity contribution in [2.45, 2.75) is 6.18 Å². The van der Waals surface area contributed by atoms with Crippen molar-refractivity contribution in [1.82, 2.24) is 0 Å². The van der Waals surface area contributed by atoms with Gasteiger partial charge in [-0.15, -0.1) is 0 Å². The second-order valence-corrected chi connectivity index (χ2v) is 5.02. The summed E-state index contributed by atoms with van der Waals surface area (Å²) in [4.78, 5) is 11.4. The van der Waals surface area contributed by atoms with Crippen molar-refractivity contribution >= 4 is 23.2 Å². The molecule has 2 rings (SSSR count). The molecule has 0 fully saturated rings. The molecule has 110 valence electrons. The second-order valence-electron chi connectivity index (χ2n) is 4.03. The van der Waals surface area contributed by atoms with Crippen LogP contribution in [0.3, 0.4) is 0 Å². The van der Waals surface area contributed by atoms with Crippen LogP contribution in [-0.2, 0) is 11.0 Å². The monoisotopic (exact) mass is 314 g/mol. The SMILES string of the molecule is COc1cccc(C(F)(F)F)c1NC1=C(C#N)C(=O)CS1. The standard InChI is InChI=1S/C13H9F3N2O2S/c1-20-10-4-2-3-8(13(14,15)16)11(10)18-12-7(5-17)9(19)6-21-12/h2-4,18H,6H2,1H3. The summed E-state index contributed by atoms with van der Waals surface area (Å²) >= 11 is 0.990. The molecule has 8 heteroatoms. The molecule has 4 nitrogen and oxygen atoms in total. The molecule has 0 unspecified atom stereocenters. The van der Waals surface area contributed by atoms with Gasteiger partial charge in [0.25, 0.3) is 0 Å². The first kappa shape index (κ1) is 15.3. The zero-order valence-corrected chi connectivity index (χ0v) is 11.6. The Balaban J connectivity index is 2.52. The molecule has 1 aromatic carbocycles. The van der Waals surface area contributed by atoms with Gasteiger partial charge in [-0.1, -0.05) is 17.8 Å². The van der Waals surface area contributed by atoms with Gasteiger partial charge in [-0.3, -0.25) is 4.79 Å². The fraction of sp³-hybridized carbons (Fsp3) is 0.231. The van der Waals surface area contributed by atoms with Crippen LogP contribution < -0.4 is 10.1 Å². The molecular formula is C13H9F3N2O2S. The number of Topliss-reactive ketones (excluding diaryl/α,β-unsaturated/α-hetero) is 1. The highest BCUT2D eigenvalue weighted by Gasteiger charge is 2.36. The van der Waals surface area contributed by atoms with E-state index in [0.29, 0.717) is 0 Å². The van der Waals surface area contributed by atoms with E-state index in [4.69, 9.17) is 10.00 Å². The van der Waals surface area contributed by atoms with Gasteiger partial charge in [0.05, 0.1) is 29.1 Å². The molecule has 1 N–H and O–H groups in total. The summed E-state index contributed by atoms with van der Waals surface area (Å²) in [5.74, 6) is -0.398. The number of benzene rings is 1. The average Bonchev–Trinajstić information content (AvgIpc) is 2.78. The molecule has 0 spiro atoms. The van der Waals surface area contributed by atoms with Crippen molar-refractivity contribution < 1.29 is 22.7 Å². The molecule has 0 aliphatic carbocycles. The topological polar surface area (TPSA) is 62.1 Å². The Bertz CT molecular complexity index is 662. The number of thioether (sulfide) groups is 1. The Kier molecular flexibility index (Phi) is 4.14. The van der Waals surface area contributed by atoms with Crippen LogP contribution in [0.25, 0.3) is 0 Å².